The Balaban J connectivity index is 1.74. The fourth-order valence-corrected chi connectivity index (χ4v) is 4.22. The molecule has 1 aromatic heterocycles. The second-order valence-corrected chi connectivity index (χ2v) is 7.25. The third kappa shape index (κ3) is 3.83. The van der Waals surface area contributed by atoms with Crippen molar-refractivity contribution in [1.82, 2.24) is 0 Å². The molecule has 2 aromatic rings. The highest BCUT2D eigenvalue weighted by molar-refractivity contribution is 7.99. The highest BCUT2D eigenvalue weighted by Gasteiger charge is 2.25. The first kappa shape index (κ1) is 18.3. The molecule has 0 saturated heterocycles. The van der Waals surface area contributed by atoms with Crippen LogP contribution < -0.4 is 15.0 Å². The number of methoxy groups -OCH3 is 1. The van der Waals surface area contributed by atoms with Crippen LogP contribution in [0.25, 0.3) is 0 Å². The van der Waals surface area contributed by atoms with Crippen LogP contribution in [0.5, 0.6) is 5.75 Å². The summed E-state index contributed by atoms with van der Waals surface area (Å²) >= 11 is 1.37. The number of pyridine rings is 1. The molecule has 26 heavy (non-hydrogen) atoms. The Kier molecular flexibility index (Phi) is 5.79. The van der Waals surface area contributed by atoms with Gasteiger partial charge in [-0.3, -0.25) is 4.79 Å². The lowest BCUT2D eigenvalue weighted by Gasteiger charge is -2.17. The first-order valence-electron chi connectivity index (χ1n) is 8.67. The minimum atomic E-state index is -0.132. The van der Waals surface area contributed by atoms with Crippen LogP contribution in [0.3, 0.4) is 0 Å². The summed E-state index contributed by atoms with van der Waals surface area (Å²) < 4.78 is 5.25. The number of carbonyl (C=O) groups is 1. The summed E-state index contributed by atoms with van der Waals surface area (Å²) in [4.78, 5) is 15.7. The minimum absolute atomic E-state index is 0.132. The van der Waals surface area contributed by atoms with Gasteiger partial charge in [0.2, 0.25) is 5.91 Å². The number of anilines is 1. The van der Waals surface area contributed by atoms with Crippen LogP contribution in [-0.2, 0) is 17.6 Å². The average molecular weight is 368 g/mol. The molecule has 0 aliphatic heterocycles. The van der Waals surface area contributed by atoms with Gasteiger partial charge in [0, 0.05) is 12.5 Å². The van der Waals surface area contributed by atoms with Crippen molar-refractivity contribution < 1.29 is 14.5 Å². The Morgan fingerprint density at radius 2 is 2.04 bits per heavy atom. The van der Waals surface area contributed by atoms with Gasteiger partial charge in [-0.2, -0.15) is 5.26 Å². The molecular weight excluding hydrogens is 346 g/mol. The van der Waals surface area contributed by atoms with Crippen molar-refractivity contribution in [1.29, 1.82) is 5.26 Å². The zero-order valence-corrected chi connectivity index (χ0v) is 15.8. The summed E-state index contributed by atoms with van der Waals surface area (Å²) in [6.45, 7) is 2.05. The number of nitriles is 1. The molecule has 0 unspecified atom stereocenters. The number of fused-ring (bicyclic) bond motifs is 1. The molecule has 0 spiro atoms. The van der Waals surface area contributed by atoms with Gasteiger partial charge in [0.05, 0.1) is 18.6 Å². The van der Waals surface area contributed by atoms with E-state index in [-0.39, 0.29) is 11.7 Å². The number of benzene rings is 1. The average Bonchev–Trinajstić information content (AvgIpc) is 2.67. The van der Waals surface area contributed by atoms with Crippen molar-refractivity contribution in [3.63, 3.8) is 0 Å². The number of hydrogen-bond donors (Lipinski definition) is 1. The summed E-state index contributed by atoms with van der Waals surface area (Å²) in [5, 5.41) is 13.3. The molecule has 1 heterocycles. The zero-order valence-electron chi connectivity index (χ0n) is 15.0. The Morgan fingerprint density at radius 1 is 1.31 bits per heavy atom. The second kappa shape index (κ2) is 8.24. The van der Waals surface area contributed by atoms with Gasteiger partial charge in [-0.05, 0) is 55.1 Å². The lowest BCUT2D eigenvalue weighted by atomic mass is 9.88. The van der Waals surface area contributed by atoms with Gasteiger partial charge in [-0.1, -0.05) is 12.1 Å². The van der Waals surface area contributed by atoms with E-state index in [1.807, 2.05) is 19.1 Å². The van der Waals surface area contributed by atoms with Gasteiger partial charge >= 0.3 is 0 Å². The first-order chi connectivity index (χ1) is 12.6. The number of rotatable bonds is 5. The van der Waals surface area contributed by atoms with E-state index in [1.165, 1.54) is 23.7 Å². The van der Waals surface area contributed by atoms with Crippen molar-refractivity contribution in [2.45, 2.75) is 37.6 Å². The maximum atomic E-state index is 12.3. The molecule has 0 bridgehead atoms. The van der Waals surface area contributed by atoms with Crippen LogP contribution in [0.15, 0.2) is 29.3 Å². The Hall–Kier alpha value is -2.52. The van der Waals surface area contributed by atoms with Crippen molar-refractivity contribution in [2.24, 2.45) is 0 Å². The number of para-hydroxylation sites is 2. The molecule has 0 radical (unpaired) electrons. The molecule has 134 valence electrons. The summed E-state index contributed by atoms with van der Waals surface area (Å²) in [6.07, 6.45) is 4.24. The smallest absolute Gasteiger partial charge is 0.257 e. The number of aromatic nitrogens is 1. The molecular formula is C20H22N3O2S+. The number of thioether (sulfide) groups is 1. The molecule has 0 fully saturated rings. The maximum Gasteiger partial charge on any atom is 0.257 e. The summed E-state index contributed by atoms with van der Waals surface area (Å²) in [6, 6.07) is 9.65. The molecule has 1 aliphatic rings. The van der Waals surface area contributed by atoms with Crippen LogP contribution >= 0.6 is 11.8 Å². The highest BCUT2D eigenvalue weighted by Crippen LogP contribution is 2.30. The molecule has 1 amide bonds. The summed E-state index contributed by atoms with van der Waals surface area (Å²) in [5.41, 5.74) is 4.87. The number of carbonyl (C=O) groups excluding carboxylic acids is 1. The molecule has 5 nitrogen and oxygen atoms in total. The number of amides is 1. The summed E-state index contributed by atoms with van der Waals surface area (Å²) in [7, 11) is 1.57. The van der Waals surface area contributed by atoms with Crippen molar-refractivity contribution >= 4 is 23.4 Å². The zero-order chi connectivity index (χ0) is 18.5. The number of nitrogens with zero attached hydrogens (tertiary/aromatic N) is 1. The third-order valence-electron chi connectivity index (χ3n) is 4.59. The molecule has 2 N–H and O–H groups in total. The molecule has 0 saturated carbocycles. The van der Waals surface area contributed by atoms with Gasteiger partial charge in [0.1, 0.15) is 17.4 Å². The highest BCUT2D eigenvalue weighted by atomic mass is 32.2. The van der Waals surface area contributed by atoms with Crippen LogP contribution in [0.1, 0.15) is 35.2 Å². The molecule has 1 aromatic carbocycles. The Bertz CT molecular complexity index is 874. The number of nitrogens with one attached hydrogen (secondary N) is 2. The van der Waals surface area contributed by atoms with Crippen LogP contribution in [0.4, 0.5) is 5.69 Å². The third-order valence-corrected chi connectivity index (χ3v) is 5.59. The summed E-state index contributed by atoms with van der Waals surface area (Å²) in [5.74, 6) is 0.716. The number of hydrogen-bond acceptors (Lipinski definition) is 4. The number of H-pyrrole nitrogens is 1. The van der Waals surface area contributed by atoms with E-state index in [2.05, 4.69) is 16.4 Å². The quantitative estimate of drug-likeness (QED) is 0.822. The molecule has 1 aliphatic carbocycles. The van der Waals surface area contributed by atoms with E-state index in [1.54, 1.807) is 19.2 Å². The fraction of sp³-hybridized carbons (Fsp3) is 0.350. The van der Waals surface area contributed by atoms with Crippen molar-refractivity contribution in [3.8, 4) is 11.8 Å². The number of ether oxygens (including phenoxy) is 1. The molecule has 3 rings (SSSR count). The minimum Gasteiger partial charge on any atom is -0.495 e. The van der Waals surface area contributed by atoms with Crippen LogP contribution in [-0.4, -0.2) is 18.8 Å². The predicted molar refractivity (Wildman–Crippen MR) is 101 cm³/mol. The van der Waals surface area contributed by atoms with Crippen LogP contribution in [0.2, 0.25) is 0 Å². The van der Waals surface area contributed by atoms with E-state index in [4.69, 9.17) is 4.74 Å². The van der Waals surface area contributed by atoms with Gasteiger partial charge < -0.3 is 10.1 Å². The number of aromatic amines is 1. The maximum absolute atomic E-state index is 12.3. The molecule has 6 heteroatoms. The fourth-order valence-electron chi connectivity index (χ4n) is 3.34. The second-order valence-electron chi connectivity index (χ2n) is 6.27. The Morgan fingerprint density at radius 3 is 2.77 bits per heavy atom. The van der Waals surface area contributed by atoms with Gasteiger partial charge in [-0.25, -0.2) is 4.98 Å². The van der Waals surface area contributed by atoms with E-state index in [0.29, 0.717) is 17.0 Å². The number of aryl methyl sites for hydroxylation is 1. The monoisotopic (exact) mass is 368 g/mol. The van der Waals surface area contributed by atoms with Crippen molar-refractivity contribution in [3.05, 3.63) is 46.6 Å². The van der Waals surface area contributed by atoms with Crippen molar-refractivity contribution in [2.75, 3.05) is 18.2 Å². The van der Waals surface area contributed by atoms with E-state index < -0.39 is 0 Å². The standard InChI is InChI=1S/C20H21N3O2S/c1-13-14-7-3-4-8-15(14)16(11-21)20(22-13)26-12-19(24)23-17-9-5-6-10-18(17)25-2/h5-6,9-10H,3-4,7-8,12H2,1-2H3,(H,23,24)/p+1. The van der Waals surface area contributed by atoms with Gasteiger partial charge in [0.25, 0.3) is 5.03 Å². The normalized spacial score (nSPS) is 12.8. The van der Waals surface area contributed by atoms with E-state index >= 15 is 0 Å². The van der Waals surface area contributed by atoms with E-state index in [0.717, 1.165) is 35.5 Å². The lowest BCUT2D eigenvalue weighted by molar-refractivity contribution is -0.436. The topological polar surface area (TPSA) is 76.3 Å². The van der Waals surface area contributed by atoms with E-state index in [9.17, 15) is 10.1 Å². The SMILES string of the molecule is COc1ccccc1NC(=O)CSc1[nH+]c(C)c2c(c1C#N)CCCC2. The van der Waals surface area contributed by atoms with Crippen LogP contribution in [0, 0.1) is 18.3 Å². The predicted octanol–water partition coefficient (Wildman–Crippen LogP) is 3.30. The molecule has 0 atom stereocenters. The lowest BCUT2D eigenvalue weighted by Crippen LogP contribution is -2.23. The van der Waals surface area contributed by atoms with Gasteiger partial charge in [-0.15, -0.1) is 0 Å². The first-order valence-corrected chi connectivity index (χ1v) is 9.66. The largest absolute Gasteiger partial charge is 0.495 e. The Labute approximate surface area is 157 Å². The van der Waals surface area contributed by atoms with Gasteiger partial charge in [0.15, 0.2) is 5.69 Å².